The highest BCUT2D eigenvalue weighted by atomic mass is 16.4. The zero-order valence-electron chi connectivity index (χ0n) is 6.22. The predicted molar refractivity (Wildman–Crippen MR) is 36.9 cm³/mol. The minimum absolute atomic E-state index is 0.00667. The van der Waals surface area contributed by atoms with Crippen LogP contribution in [-0.2, 0) is 0 Å². The number of nitrogens with one attached hydrogen (secondary N) is 1. The first kappa shape index (κ1) is 9.23. The highest BCUT2D eigenvalue weighted by Gasteiger charge is 2.18. The average molecular weight is 147 g/mol. The van der Waals surface area contributed by atoms with Gasteiger partial charge in [0.1, 0.15) is 0 Å². The van der Waals surface area contributed by atoms with Crippen molar-refractivity contribution in [3.8, 4) is 0 Å². The summed E-state index contributed by atoms with van der Waals surface area (Å²) in [6.45, 7) is 3.43. The number of hydrogen-bond acceptors (Lipinski definition) is 2. The summed E-state index contributed by atoms with van der Waals surface area (Å²) in [4.78, 5) is 10.1. The summed E-state index contributed by atoms with van der Waals surface area (Å²) in [7, 11) is 0. The molecule has 0 aromatic carbocycles. The molecule has 10 heavy (non-hydrogen) atoms. The van der Waals surface area contributed by atoms with E-state index in [4.69, 9.17) is 10.2 Å². The fourth-order valence-electron chi connectivity index (χ4n) is 0.631. The number of carbonyl (C=O) groups is 1. The van der Waals surface area contributed by atoms with Crippen molar-refractivity contribution in [1.29, 1.82) is 0 Å². The van der Waals surface area contributed by atoms with E-state index in [0.29, 0.717) is 6.42 Å². The van der Waals surface area contributed by atoms with Crippen molar-refractivity contribution in [2.24, 2.45) is 0 Å². The van der Waals surface area contributed by atoms with E-state index in [1.807, 2.05) is 0 Å². The Morgan fingerprint density at radius 3 is 2.40 bits per heavy atom. The van der Waals surface area contributed by atoms with Crippen LogP contribution < -0.4 is 5.32 Å². The van der Waals surface area contributed by atoms with E-state index in [-0.39, 0.29) is 6.61 Å². The third-order valence-corrected chi connectivity index (χ3v) is 1.18. The van der Waals surface area contributed by atoms with Crippen LogP contribution in [0, 0.1) is 0 Å². The largest absolute Gasteiger partial charge is 0.465 e. The van der Waals surface area contributed by atoms with Crippen molar-refractivity contribution in [2.75, 3.05) is 6.61 Å². The van der Waals surface area contributed by atoms with Crippen molar-refractivity contribution in [3.05, 3.63) is 0 Å². The summed E-state index contributed by atoms with van der Waals surface area (Å²) in [5, 5.41) is 19.0. The van der Waals surface area contributed by atoms with E-state index in [1.54, 1.807) is 13.8 Å². The van der Waals surface area contributed by atoms with Crippen LogP contribution in [0.25, 0.3) is 0 Å². The molecule has 0 atom stereocenters. The zero-order valence-corrected chi connectivity index (χ0v) is 6.22. The van der Waals surface area contributed by atoms with Gasteiger partial charge in [0.2, 0.25) is 0 Å². The molecule has 0 aliphatic carbocycles. The van der Waals surface area contributed by atoms with Crippen LogP contribution >= 0.6 is 0 Å². The number of hydrogen-bond donors (Lipinski definition) is 3. The molecule has 1 amide bonds. The summed E-state index contributed by atoms with van der Waals surface area (Å²) in [5.41, 5.74) is -0.527. The molecule has 0 rings (SSSR count). The van der Waals surface area contributed by atoms with Crippen molar-refractivity contribution in [1.82, 2.24) is 5.32 Å². The third-order valence-electron chi connectivity index (χ3n) is 1.18. The second-order valence-electron chi connectivity index (χ2n) is 2.79. The molecule has 0 unspecified atom stereocenters. The second-order valence-corrected chi connectivity index (χ2v) is 2.79. The third kappa shape index (κ3) is 4.14. The maximum absolute atomic E-state index is 10.1. The molecular formula is C6H13NO3. The molecule has 0 aromatic rings. The van der Waals surface area contributed by atoms with E-state index in [0.717, 1.165) is 0 Å². The second kappa shape index (κ2) is 3.41. The van der Waals surface area contributed by atoms with Crippen molar-refractivity contribution < 1.29 is 15.0 Å². The molecule has 0 aromatic heterocycles. The van der Waals surface area contributed by atoms with Gasteiger partial charge in [0, 0.05) is 12.1 Å². The molecule has 0 fully saturated rings. The lowest BCUT2D eigenvalue weighted by Gasteiger charge is -2.22. The van der Waals surface area contributed by atoms with Crippen LogP contribution in [0.2, 0.25) is 0 Å². The first-order chi connectivity index (χ1) is 4.48. The van der Waals surface area contributed by atoms with E-state index in [1.165, 1.54) is 0 Å². The van der Waals surface area contributed by atoms with Crippen LogP contribution in [0.4, 0.5) is 4.79 Å². The molecule has 0 radical (unpaired) electrons. The normalized spacial score (nSPS) is 11.1. The molecule has 3 N–H and O–H groups in total. The van der Waals surface area contributed by atoms with Crippen LogP contribution in [0.5, 0.6) is 0 Å². The lowest BCUT2D eigenvalue weighted by molar-refractivity contribution is 0.172. The highest BCUT2D eigenvalue weighted by molar-refractivity contribution is 5.65. The van der Waals surface area contributed by atoms with Gasteiger partial charge in [0.15, 0.2) is 0 Å². The molecule has 0 saturated carbocycles. The van der Waals surface area contributed by atoms with Gasteiger partial charge in [-0.2, -0.15) is 0 Å². The number of rotatable bonds is 3. The molecule has 0 saturated heterocycles. The fraction of sp³-hybridized carbons (Fsp3) is 0.833. The van der Waals surface area contributed by atoms with Gasteiger partial charge in [-0.1, -0.05) is 0 Å². The standard InChI is InChI=1S/C6H13NO3/c1-6(2,3-4-8)7-5(9)10/h7-8H,3-4H2,1-2H3,(H,9,10). The maximum atomic E-state index is 10.1. The van der Waals surface area contributed by atoms with Gasteiger partial charge in [-0.3, -0.25) is 0 Å². The maximum Gasteiger partial charge on any atom is 0.405 e. The Kier molecular flexibility index (Phi) is 3.15. The zero-order chi connectivity index (χ0) is 8.20. The molecule has 4 nitrogen and oxygen atoms in total. The smallest absolute Gasteiger partial charge is 0.405 e. The van der Waals surface area contributed by atoms with Gasteiger partial charge < -0.3 is 15.5 Å². The molecule has 0 bridgehead atoms. The minimum atomic E-state index is -1.06. The van der Waals surface area contributed by atoms with Crippen LogP contribution in [0.3, 0.4) is 0 Å². The average Bonchev–Trinajstić information content (AvgIpc) is 1.59. The van der Waals surface area contributed by atoms with Gasteiger partial charge in [-0.25, -0.2) is 4.79 Å². The van der Waals surface area contributed by atoms with E-state index in [2.05, 4.69) is 5.32 Å². The Labute approximate surface area is 59.9 Å². The summed E-state index contributed by atoms with van der Waals surface area (Å²) in [5.74, 6) is 0. The molecule has 0 aliphatic heterocycles. The number of aliphatic hydroxyl groups excluding tert-OH is 1. The van der Waals surface area contributed by atoms with Crippen molar-refractivity contribution in [3.63, 3.8) is 0 Å². The molecular weight excluding hydrogens is 134 g/mol. The molecule has 0 heterocycles. The van der Waals surface area contributed by atoms with E-state index in [9.17, 15) is 4.79 Å². The van der Waals surface area contributed by atoms with E-state index >= 15 is 0 Å². The molecule has 0 aliphatic rings. The summed E-state index contributed by atoms with van der Waals surface area (Å²) >= 11 is 0. The summed E-state index contributed by atoms with van der Waals surface area (Å²) in [6, 6.07) is 0. The summed E-state index contributed by atoms with van der Waals surface area (Å²) in [6.07, 6.45) is -0.627. The van der Waals surface area contributed by atoms with Crippen LogP contribution in [0.1, 0.15) is 20.3 Å². The van der Waals surface area contributed by atoms with Gasteiger partial charge in [0.25, 0.3) is 0 Å². The predicted octanol–water partition coefficient (Wildman–Crippen LogP) is 0.415. The minimum Gasteiger partial charge on any atom is -0.465 e. The van der Waals surface area contributed by atoms with Crippen molar-refractivity contribution in [2.45, 2.75) is 25.8 Å². The number of amides is 1. The highest BCUT2D eigenvalue weighted by Crippen LogP contribution is 2.05. The molecule has 0 spiro atoms. The Bertz CT molecular complexity index is 122. The first-order valence-corrected chi connectivity index (χ1v) is 3.10. The van der Waals surface area contributed by atoms with Gasteiger partial charge in [-0.15, -0.1) is 0 Å². The topological polar surface area (TPSA) is 69.6 Å². The Balaban J connectivity index is 3.74. The Morgan fingerprint density at radius 1 is 1.60 bits per heavy atom. The lowest BCUT2D eigenvalue weighted by Crippen LogP contribution is -2.43. The fourth-order valence-corrected chi connectivity index (χ4v) is 0.631. The monoisotopic (exact) mass is 147 g/mol. The quantitative estimate of drug-likeness (QED) is 0.541. The van der Waals surface area contributed by atoms with Gasteiger partial charge >= 0.3 is 6.09 Å². The van der Waals surface area contributed by atoms with Crippen LogP contribution in [-0.4, -0.2) is 28.5 Å². The Hall–Kier alpha value is -0.770. The van der Waals surface area contributed by atoms with Gasteiger partial charge in [0.05, 0.1) is 0 Å². The first-order valence-electron chi connectivity index (χ1n) is 3.10. The van der Waals surface area contributed by atoms with Crippen molar-refractivity contribution >= 4 is 6.09 Å². The van der Waals surface area contributed by atoms with Crippen LogP contribution in [0.15, 0.2) is 0 Å². The SMILES string of the molecule is CC(C)(CCO)NC(=O)O. The number of carboxylic acid groups (broad SMARTS) is 1. The van der Waals surface area contributed by atoms with E-state index < -0.39 is 11.6 Å². The Morgan fingerprint density at radius 2 is 2.10 bits per heavy atom. The molecule has 4 heteroatoms. The summed E-state index contributed by atoms with van der Waals surface area (Å²) < 4.78 is 0. The number of aliphatic hydroxyl groups is 1. The molecule has 60 valence electrons. The van der Waals surface area contributed by atoms with Gasteiger partial charge in [-0.05, 0) is 20.3 Å². The lowest BCUT2D eigenvalue weighted by atomic mass is 10.0.